The van der Waals surface area contributed by atoms with Gasteiger partial charge in [0.1, 0.15) is 5.82 Å². The lowest BCUT2D eigenvalue weighted by Crippen LogP contribution is -2.24. The van der Waals surface area contributed by atoms with Crippen LogP contribution >= 0.6 is 32.9 Å². The average molecular weight is 386 g/mol. The van der Waals surface area contributed by atoms with Crippen LogP contribution in [0.2, 0.25) is 0 Å². The van der Waals surface area contributed by atoms with Crippen molar-refractivity contribution in [3.05, 3.63) is 46.4 Å². The van der Waals surface area contributed by atoms with Crippen molar-refractivity contribution in [3.63, 3.8) is 0 Å². The maximum Gasteiger partial charge on any atom is 0.304 e. The zero-order valence-electron chi connectivity index (χ0n) is 12.7. The Morgan fingerprint density at radius 1 is 1.12 bits per heavy atom. The van der Waals surface area contributed by atoms with Crippen molar-refractivity contribution in [2.24, 2.45) is 0 Å². The molecule has 128 valence electrons. The van der Waals surface area contributed by atoms with E-state index in [-0.39, 0.29) is 18.1 Å². The molecule has 0 atom stereocenters. The van der Waals surface area contributed by atoms with E-state index in [9.17, 15) is 14.0 Å². The first-order valence-corrected chi connectivity index (χ1v) is 10.5. The number of hydrogen-bond acceptors (Lipinski definition) is 5. The highest BCUT2D eigenvalue weighted by Crippen LogP contribution is 2.26. The van der Waals surface area contributed by atoms with Crippen LogP contribution < -0.4 is 5.32 Å². The number of hydrogen-bond donors (Lipinski definition) is 2. The van der Waals surface area contributed by atoms with Crippen LogP contribution in [0.25, 0.3) is 11.1 Å². The summed E-state index contributed by atoms with van der Waals surface area (Å²) in [5, 5.41) is 13.2. The highest BCUT2D eigenvalue weighted by molar-refractivity contribution is 8.76. The summed E-state index contributed by atoms with van der Waals surface area (Å²) in [5.74, 6) is 0.0489. The number of rotatable bonds is 9. The third kappa shape index (κ3) is 6.18. The van der Waals surface area contributed by atoms with Gasteiger partial charge in [0.15, 0.2) is 0 Å². The van der Waals surface area contributed by atoms with Gasteiger partial charge in [0.25, 0.3) is 5.91 Å². The van der Waals surface area contributed by atoms with E-state index in [4.69, 9.17) is 5.11 Å². The second-order valence-electron chi connectivity index (χ2n) is 4.75. The van der Waals surface area contributed by atoms with Crippen molar-refractivity contribution in [1.82, 2.24) is 5.32 Å². The summed E-state index contributed by atoms with van der Waals surface area (Å²) in [6, 6.07) is 7.95. The normalized spacial score (nSPS) is 10.5. The quantitative estimate of drug-likeness (QED) is 0.502. The monoisotopic (exact) mass is 385 g/mol. The van der Waals surface area contributed by atoms with Crippen molar-refractivity contribution in [2.75, 3.05) is 18.1 Å². The van der Waals surface area contributed by atoms with E-state index in [1.807, 2.05) is 5.38 Å². The van der Waals surface area contributed by atoms with E-state index in [2.05, 4.69) is 5.32 Å². The van der Waals surface area contributed by atoms with Crippen molar-refractivity contribution in [2.45, 2.75) is 6.42 Å². The maximum atomic E-state index is 12.9. The van der Waals surface area contributed by atoms with Gasteiger partial charge in [-0.2, -0.15) is 0 Å². The fraction of sp³-hybridized carbons (Fsp3) is 0.250. The van der Waals surface area contributed by atoms with Crippen molar-refractivity contribution in [3.8, 4) is 11.1 Å². The maximum absolute atomic E-state index is 12.9. The van der Waals surface area contributed by atoms with Gasteiger partial charge in [-0.15, -0.1) is 11.3 Å². The van der Waals surface area contributed by atoms with E-state index >= 15 is 0 Å². The Labute approximate surface area is 151 Å². The molecule has 24 heavy (non-hydrogen) atoms. The van der Waals surface area contributed by atoms with E-state index in [1.54, 1.807) is 29.0 Å². The number of thiophene rings is 1. The highest BCUT2D eigenvalue weighted by Gasteiger charge is 2.10. The number of carboxylic acid groups (broad SMARTS) is 1. The molecule has 0 aliphatic carbocycles. The SMILES string of the molecule is O=C(O)CCSSCCNC(=O)c1cc(-c2ccc(F)cc2)cs1. The summed E-state index contributed by atoms with van der Waals surface area (Å²) in [6.45, 7) is 0.521. The van der Waals surface area contributed by atoms with Crippen LogP contribution in [0.5, 0.6) is 0 Å². The molecule has 1 aromatic heterocycles. The number of halogens is 1. The zero-order chi connectivity index (χ0) is 17.4. The van der Waals surface area contributed by atoms with Gasteiger partial charge in [-0.25, -0.2) is 4.39 Å². The Balaban J connectivity index is 1.73. The van der Waals surface area contributed by atoms with Crippen LogP contribution in [0.4, 0.5) is 4.39 Å². The minimum atomic E-state index is -0.800. The number of amides is 1. The molecule has 0 saturated carbocycles. The first kappa shape index (κ1) is 18.8. The first-order valence-electron chi connectivity index (χ1n) is 7.15. The molecule has 2 aromatic rings. The molecule has 1 heterocycles. The fourth-order valence-corrected chi connectivity index (χ4v) is 4.51. The zero-order valence-corrected chi connectivity index (χ0v) is 15.1. The predicted molar refractivity (Wildman–Crippen MR) is 99.2 cm³/mol. The van der Waals surface area contributed by atoms with Crippen molar-refractivity contribution in [1.29, 1.82) is 0 Å². The minimum absolute atomic E-state index is 0.135. The van der Waals surface area contributed by atoms with Crippen molar-refractivity contribution >= 4 is 44.8 Å². The molecule has 2 N–H and O–H groups in total. The van der Waals surface area contributed by atoms with Gasteiger partial charge in [-0.3, -0.25) is 9.59 Å². The summed E-state index contributed by atoms with van der Waals surface area (Å²) >= 11 is 1.35. The van der Waals surface area contributed by atoms with E-state index < -0.39 is 5.97 Å². The van der Waals surface area contributed by atoms with Crippen LogP contribution in [-0.4, -0.2) is 35.0 Å². The van der Waals surface area contributed by atoms with Crippen molar-refractivity contribution < 1.29 is 19.1 Å². The van der Waals surface area contributed by atoms with Gasteiger partial charge in [0.05, 0.1) is 11.3 Å². The molecule has 0 radical (unpaired) electrons. The third-order valence-electron chi connectivity index (χ3n) is 2.95. The van der Waals surface area contributed by atoms with Gasteiger partial charge in [0, 0.05) is 18.1 Å². The number of carbonyl (C=O) groups is 2. The molecule has 0 saturated heterocycles. The molecule has 0 fully saturated rings. The lowest BCUT2D eigenvalue weighted by molar-refractivity contribution is -0.136. The molecule has 2 rings (SSSR count). The Bertz CT molecular complexity index is 688. The number of carboxylic acids is 1. The molecule has 0 aliphatic heterocycles. The molecular weight excluding hydrogens is 369 g/mol. The van der Waals surface area contributed by atoms with Gasteiger partial charge in [0.2, 0.25) is 0 Å². The molecule has 0 spiro atoms. The van der Waals surface area contributed by atoms with Crippen LogP contribution in [-0.2, 0) is 4.79 Å². The smallest absolute Gasteiger partial charge is 0.304 e. The van der Waals surface area contributed by atoms with Crippen LogP contribution in [0.1, 0.15) is 16.1 Å². The van der Waals surface area contributed by atoms with Gasteiger partial charge < -0.3 is 10.4 Å². The number of benzene rings is 1. The molecule has 1 aromatic carbocycles. The number of nitrogens with one attached hydrogen (secondary N) is 1. The summed E-state index contributed by atoms with van der Waals surface area (Å²) in [5.41, 5.74) is 1.76. The van der Waals surface area contributed by atoms with Crippen LogP contribution in [0.3, 0.4) is 0 Å². The Hall–Kier alpha value is -1.51. The summed E-state index contributed by atoms with van der Waals surface area (Å²) < 4.78 is 12.9. The summed E-state index contributed by atoms with van der Waals surface area (Å²) in [6.07, 6.45) is 0.144. The summed E-state index contributed by atoms with van der Waals surface area (Å²) in [7, 11) is 3.03. The first-order chi connectivity index (χ1) is 11.6. The van der Waals surface area contributed by atoms with Gasteiger partial charge >= 0.3 is 5.97 Å². The minimum Gasteiger partial charge on any atom is -0.481 e. The lowest BCUT2D eigenvalue weighted by Gasteiger charge is -2.03. The largest absolute Gasteiger partial charge is 0.481 e. The summed E-state index contributed by atoms with van der Waals surface area (Å²) in [4.78, 5) is 23.0. The topological polar surface area (TPSA) is 66.4 Å². The van der Waals surface area contributed by atoms with Crippen LogP contribution in [0.15, 0.2) is 35.7 Å². The highest BCUT2D eigenvalue weighted by atomic mass is 33.1. The Morgan fingerprint density at radius 3 is 2.54 bits per heavy atom. The Kier molecular flexibility index (Phi) is 7.61. The second-order valence-corrected chi connectivity index (χ2v) is 8.36. The van der Waals surface area contributed by atoms with E-state index in [0.29, 0.717) is 22.9 Å². The molecule has 1 amide bonds. The molecule has 0 unspecified atom stereocenters. The molecule has 8 heteroatoms. The van der Waals surface area contributed by atoms with Crippen LogP contribution in [0, 0.1) is 5.82 Å². The molecule has 0 bridgehead atoms. The molecule has 0 aliphatic rings. The number of aliphatic carboxylic acids is 1. The lowest BCUT2D eigenvalue weighted by atomic mass is 10.1. The average Bonchev–Trinajstić information content (AvgIpc) is 3.04. The number of carbonyl (C=O) groups excluding carboxylic acids is 1. The standard InChI is InChI=1S/C16H16FNO3S3/c17-13-3-1-11(2-4-13)12-9-14(22-10-12)16(21)18-6-8-24-23-7-5-15(19)20/h1-4,9-10H,5-8H2,(H,18,21)(H,19,20). The molecular formula is C16H16FNO3S3. The third-order valence-corrected chi connectivity index (χ3v) is 6.29. The Morgan fingerprint density at radius 2 is 1.83 bits per heavy atom. The molecule has 4 nitrogen and oxygen atoms in total. The van der Waals surface area contributed by atoms with E-state index in [1.165, 1.54) is 34.3 Å². The van der Waals surface area contributed by atoms with E-state index in [0.717, 1.165) is 11.1 Å². The fourth-order valence-electron chi connectivity index (χ4n) is 1.79. The predicted octanol–water partition coefficient (Wildman–Crippen LogP) is 4.14. The van der Waals surface area contributed by atoms with Gasteiger partial charge in [-0.1, -0.05) is 33.7 Å². The van der Waals surface area contributed by atoms with Gasteiger partial charge in [-0.05, 0) is 34.7 Å². The second kappa shape index (κ2) is 9.71.